The molecule has 2 atom stereocenters. The third-order valence-corrected chi connectivity index (χ3v) is 6.85. The molecule has 1 aromatic rings. The third-order valence-electron chi connectivity index (χ3n) is 3.48. The summed E-state index contributed by atoms with van der Waals surface area (Å²) in [5, 5.41) is 2.17. The molecule has 0 unspecified atom stereocenters. The average Bonchev–Trinajstić information content (AvgIpc) is 2.64. The maximum Gasteiger partial charge on any atom is 0.230 e. The molecule has 4 nitrogen and oxygen atoms in total. The molecule has 1 N–H and O–H groups in total. The number of thioether (sulfide) groups is 1. The van der Waals surface area contributed by atoms with Crippen molar-refractivity contribution in [3.63, 3.8) is 0 Å². The number of hydrogen-bond donors (Lipinski definition) is 1. The molecule has 1 saturated heterocycles. The second kappa shape index (κ2) is 6.58. The number of sulfone groups is 1. The minimum absolute atomic E-state index is 0.0657. The topological polar surface area (TPSA) is 63.2 Å². The first-order valence-electron chi connectivity index (χ1n) is 6.61. The molecular formula is C14H18ClNO3S2. The maximum absolute atomic E-state index is 11.9. The first kappa shape index (κ1) is 16.6. The van der Waals surface area contributed by atoms with E-state index in [2.05, 4.69) is 5.32 Å². The number of halogens is 1. The minimum Gasteiger partial charge on any atom is -0.350 e. The number of nitrogens with one attached hydrogen (secondary N) is 1. The van der Waals surface area contributed by atoms with Gasteiger partial charge >= 0.3 is 0 Å². The minimum atomic E-state index is -3.12. The summed E-state index contributed by atoms with van der Waals surface area (Å²) in [6, 6.07) is 5.56. The molecule has 0 bridgehead atoms. The fourth-order valence-electron chi connectivity index (χ4n) is 2.14. The Hall–Kier alpha value is -0.720. The number of benzene rings is 1. The van der Waals surface area contributed by atoms with E-state index in [1.165, 1.54) is 22.9 Å². The molecule has 0 saturated carbocycles. The normalized spacial score (nSPS) is 24.0. The lowest BCUT2D eigenvalue weighted by Gasteiger charge is -2.14. The summed E-state index contributed by atoms with van der Waals surface area (Å²) in [6.07, 6.45) is 0. The van der Waals surface area contributed by atoms with Crippen LogP contribution in [0.2, 0.25) is 0 Å². The Morgan fingerprint density at radius 3 is 2.62 bits per heavy atom. The Morgan fingerprint density at radius 2 is 2.05 bits per heavy atom. The summed E-state index contributed by atoms with van der Waals surface area (Å²) in [7, 11) is -3.12. The van der Waals surface area contributed by atoms with Gasteiger partial charge in [-0.15, -0.1) is 23.4 Å². The summed E-state index contributed by atoms with van der Waals surface area (Å²) >= 11 is 7.39. The molecule has 1 fully saturated rings. The van der Waals surface area contributed by atoms with Gasteiger partial charge in [0.05, 0.1) is 28.7 Å². The van der Waals surface area contributed by atoms with Crippen molar-refractivity contribution < 1.29 is 13.2 Å². The van der Waals surface area contributed by atoms with Gasteiger partial charge in [0.15, 0.2) is 9.84 Å². The van der Waals surface area contributed by atoms with Gasteiger partial charge in [-0.2, -0.15) is 0 Å². The average molecular weight is 348 g/mol. The van der Waals surface area contributed by atoms with E-state index in [-0.39, 0.29) is 23.2 Å². The van der Waals surface area contributed by atoms with Crippen LogP contribution in [0.4, 0.5) is 0 Å². The number of carbonyl (C=O) groups is 1. The van der Waals surface area contributed by atoms with E-state index >= 15 is 0 Å². The van der Waals surface area contributed by atoms with Crippen molar-refractivity contribution in [3.8, 4) is 0 Å². The number of aryl methyl sites for hydroxylation is 2. The van der Waals surface area contributed by atoms with Crippen LogP contribution in [0.25, 0.3) is 0 Å². The highest BCUT2D eigenvalue weighted by atomic mass is 35.5. The summed E-state index contributed by atoms with van der Waals surface area (Å²) in [4.78, 5) is 12.9. The van der Waals surface area contributed by atoms with Crippen LogP contribution in [0.15, 0.2) is 23.1 Å². The number of amides is 1. The SMILES string of the molecule is Cc1ccc(SCC(=O)N[C@@H]2CS(=O)(=O)C[C@H]2Cl)cc1C. The van der Waals surface area contributed by atoms with E-state index in [9.17, 15) is 13.2 Å². The molecule has 0 aliphatic carbocycles. The van der Waals surface area contributed by atoms with Gasteiger partial charge in [0.1, 0.15) is 0 Å². The van der Waals surface area contributed by atoms with Crippen LogP contribution in [-0.2, 0) is 14.6 Å². The largest absolute Gasteiger partial charge is 0.350 e. The monoisotopic (exact) mass is 347 g/mol. The van der Waals surface area contributed by atoms with Crippen molar-refractivity contribution in [1.82, 2.24) is 5.32 Å². The molecule has 1 heterocycles. The van der Waals surface area contributed by atoms with Crippen molar-refractivity contribution >= 4 is 39.1 Å². The summed E-state index contributed by atoms with van der Waals surface area (Å²) in [5.41, 5.74) is 2.40. The molecule has 0 aromatic heterocycles. The Labute approximate surface area is 134 Å². The molecule has 0 radical (unpaired) electrons. The summed E-state index contributed by atoms with van der Waals surface area (Å²) in [6.45, 7) is 4.07. The van der Waals surface area contributed by atoms with Crippen molar-refractivity contribution in [2.75, 3.05) is 17.3 Å². The summed E-state index contributed by atoms with van der Waals surface area (Å²) in [5.74, 6) is -0.0702. The smallest absolute Gasteiger partial charge is 0.230 e. The fraction of sp³-hybridized carbons (Fsp3) is 0.500. The molecule has 1 aliphatic heterocycles. The van der Waals surface area contributed by atoms with E-state index in [0.717, 1.165) is 4.90 Å². The van der Waals surface area contributed by atoms with Crippen LogP contribution in [0, 0.1) is 13.8 Å². The predicted octanol–water partition coefficient (Wildman–Crippen LogP) is 1.92. The standard InChI is InChI=1S/C14H18ClNO3S2/c1-9-3-4-11(5-10(9)2)20-6-14(17)16-13-8-21(18,19)7-12(13)15/h3-5,12-13H,6-8H2,1-2H3,(H,16,17)/t12-,13-/m1/s1. The highest BCUT2D eigenvalue weighted by molar-refractivity contribution is 8.00. The quantitative estimate of drug-likeness (QED) is 0.667. The first-order valence-corrected chi connectivity index (χ1v) is 9.85. The molecular weight excluding hydrogens is 330 g/mol. The molecule has 0 spiro atoms. The predicted molar refractivity (Wildman–Crippen MR) is 86.9 cm³/mol. The van der Waals surface area contributed by atoms with Crippen LogP contribution in [0.5, 0.6) is 0 Å². The van der Waals surface area contributed by atoms with Gasteiger partial charge in [-0.1, -0.05) is 6.07 Å². The second-order valence-corrected chi connectivity index (χ2v) is 9.06. The molecule has 116 valence electrons. The lowest BCUT2D eigenvalue weighted by Crippen LogP contribution is -2.41. The van der Waals surface area contributed by atoms with E-state index in [4.69, 9.17) is 11.6 Å². The lowest BCUT2D eigenvalue weighted by molar-refractivity contribution is -0.119. The van der Waals surface area contributed by atoms with Crippen LogP contribution in [0.1, 0.15) is 11.1 Å². The number of rotatable bonds is 4. The van der Waals surface area contributed by atoms with E-state index in [1.54, 1.807) is 0 Å². The Balaban J connectivity index is 1.86. The van der Waals surface area contributed by atoms with Gasteiger partial charge in [0.2, 0.25) is 5.91 Å². The van der Waals surface area contributed by atoms with Crippen LogP contribution >= 0.6 is 23.4 Å². The van der Waals surface area contributed by atoms with Gasteiger partial charge < -0.3 is 5.32 Å². The maximum atomic E-state index is 11.9. The zero-order valence-electron chi connectivity index (χ0n) is 11.9. The van der Waals surface area contributed by atoms with Gasteiger partial charge in [-0.3, -0.25) is 4.79 Å². The van der Waals surface area contributed by atoms with E-state index < -0.39 is 21.3 Å². The fourth-order valence-corrected chi connectivity index (χ4v) is 5.49. The van der Waals surface area contributed by atoms with E-state index in [0.29, 0.717) is 0 Å². The number of hydrogen-bond acceptors (Lipinski definition) is 4. The zero-order chi connectivity index (χ0) is 15.6. The van der Waals surface area contributed by atoms with Crippen LogP contribution < -0.4 is 5.32 Å². The zero-order valence-corrected chi connectivity index (χ0v) is 14.3. The Bertz CT molecular complexity index is 646. The van der Waals surface area contributed by atoms with Gasteiger partial charge in [0.25, 0.3) is 0 Å². The second-order valence-electron chi connectivity index (χ2n) is 5.30. The molecule has 1 aliphatic rings. The number of carbonyl (C=O) groups excluding carboxylic acids is 1. The van der Waals surface area contributed by atoms with Crippen molar-refractivity contribution in [2.24, 2.45) is 0 Å². The van der Waals surface area contributed by atoms with Gasteiger partial charge in [-0.25, -0.2) is 8.42 Å². The molecule has 2 rings (SSSR count). The van der Waals surface area contributed by atoms with Crippen LogP contribution in [-0.4, -0.2) is 43.0 Å². The van der Waals surface area contributed by atoms with Crippen molar-refractivity contribution in [3.05, 3.63) is 29.3 Å². The van der Waals surface area contributed by atoms with Crippen molar-refractivity contribution in [1.29, 1.82) is 0 Å². The molecule has 1 aromatic carbocycles. The van der Waals surface area contributed by atoms with E-state index in [1.807, 2.05) is 32.0 Å². The molecule has 21 heavy (non-hydrogen) atoms. The Kier molecular flexibility index (Phi) is 5.22. The van der Waals surface area contributed by atoms with Gasteiger partial charge in [-0.05, 0) is 37.1 Å². The number of alkyl halides is 1. The Morgan fingerprint density at radius 1 is 1.33 bits per heavy atom. The molecule has 1 amide bonds. The van der Waals surface area contributed by atoms with Gasteiger partial charge in [0, 0.05) is 4.90 Å². The van der Waals surface area contributed by atoms with Crippen molar-refractivity contribution in [2.45, 2.75) is 30.2 Å². The first-order chi connectivity index (χ1) is 9.77. The lowest BCUT2D eigenvalue weighted by atomic mass is 10.1. The highest BCUT2D eigenvalue weighted by Gasteiger charge is 2.37. The third kappa shape index (κ3) is 4.63. The summed E-state index contributed by atoms with van der Waals surface area (Å²) < 4.78 is 22.9. The highest BCUT2D eigenvalue weighted by Crippen LogP contribution is 2.22. The molecule has 7 heteroatoms. The van der Waals surface area contributed by atoms with Crippen LogP contribution in [0.3, 0.4) is 0 Å².